The van der Waals surface area contributed by atoms with Crippen molar-refractivity contribution in [2.24, 2.45) is 23.2 Å². The summed E-state index contributed by atoms with van der Waals surface area (Å²) in [5, 5.41) is 1.02. The minimum Gasteiger partial charge on any atom is -0.397 e. The topological polar surface area (TPSA) is 56.0 Å². The molecule has 2 aromatic heterocycles. The van der Waals surface area contributed by atoms with Crippen molar-refractivity contribution in [3.8, 4) is 11.1 Å². The summed E-state index contributed by atoms with van der Waals surface area (Å²) in [6, 6.07) is 8.54. The maximum atomic E-state index is 14.2. The lowest BCUT2D eigenvalue weighted by atomic mass is 9.48. The summed E-state index contributed by atoms with van der Waals surface area (Å²) in [5.74, 6) is 2.58. The van der Waals surface area contributed by atoms with Gasteiger partial charge in [0.05, 0.1) is 10.6 Å². The second-order valence-corrected chi connectivity index (χ2v) is 13.1. The molecule has 1 aromatic carbocycles. The molecule has 0 amide bonds. The first-order chi connectivity index (χ1) is 16.0. The van der Waals surface area contributed by atoms with Crippen molar-refractivity contribution in [2.75, 3.05) is 5.73 Å². The third-order valence-electron chi connectivity index (χ3n) is 9.01. The molecule has 5 aliphatic rings. The number of hydrogen-bond donors (Lipinski definition) is 1. The first-order valence-corrected chi connectivity index (χ1v) is 14.2. The van der Waals surface area contributed by atoms with Crippen LogP contribution in [-0.2, 0) is 12.8 Å². The molecule has 3 nitrogen and oxygen atoms in total. The number of thiophene rings is 1. The number of nitrogen functional groups attached to an aromatic ring is 1. The predicted molar refractivity (Wildman–Crippen MR) is 139 cm³/mol. The Hall–Kier alpha value is -1.72. The third-order valence-corrected chi connectivity index (χ3v) is 10.6. The summed E-state index contributed by atoms with van der Waals surface area (Å²) in [4.78, 5) is 21.1. The number of pyridine rings is 1. The first-order valence-electron chi connectivity index (χ1n) is 12.6. The van der Waals surface area contributed by atoms with E-state index in [1.807, 2.05) is 0 Å². The zero-order chi connectivity index (χ0) is 22.3. The zero-order valence-corrected chi connectivity index (χ0v) is 21.2. The normalized spacial score (nSPS) is 30.0. The lowest BCUT2D eigenvalue weighted by Gasteiger charge is -2.55. The van der Waals surface area contributed by atoms with Gasteiger partial charge in [-0.05, 0) is 111 Å². The molecule has 5 heteroatoms. The van der Waals surface area contributed by atoms with Crippen LogP contribution in [0.4, 0.5) is 5.69 Å². The predicted octanol–water partition coefficient (Wildman–Crippen LogP) is 7.59. The number of carbonyl (C=O) groups is 1. The molecule has 170 valence electrons. The van der Waals surface area contributed by atoms with Gasteiger partial charge < -0.3 is 5.73 Å². The summed E-state index contributed by atoms with van der Waals surface area (Å²) in [6.45, 7) is 0. The van der Waals surface area contributed by atoms with E-state index < -0.39 is 0 Å². The number of Topliss-reactive ketones (excluding diaryl/α,β-unsaturated/α-hetero) is 1. The standard InChI is InChI=1S/C28H29BrN2OS/c29-19-7-5-18(6-8-19)22-20-3-1-2-4-21(20)31-27-23(22)24(30)25(33-27)26(32)28-12-15-9-16(13-28)11-17(10-15)14-28/h5-8,15-17H,1-4,9-14,30H2. The van der Waals surface area contributed by atoms with E-state index >= 15 is 0 Å². The number of halogens is 1. The average Bonchev–Trinajstić information content (AvgIpc) is 3.12. The van der Waals surface area contributed by atoms with Crippen molar-refractivity contribution in [2.45, 2.75) is 64.2 Å². The molecule has 8 rings (SSSR count). The minimum atomic E-state index is -0.166. The highest BCUT2D eigenvalue weighted by atomic mass is 79.9. The minimum absolute atomic E-state index is 0.166. The van der Waals surface area contributed by atoms with E-state index in [9.17, 15) is 4.79 Å². The number of aryl methyl sites for hydroxylation is 1. The Bertz CT molecular complexity index is 1260. The lowest BCUT2D eigenvalue weighted by molar-refractivity contribution is -0.0350. The van der Waals surface area contributed by atoms with Gasteiger partial charge in [0.15, 0.2) is 5.78 Å². The number of anilines is 1. The van der Waals surface area contributed by atoms with Crippen LogP contribution in [-0.4, -0.2) is 10.8 Å². The van der Waals surface area contributed by atoms with Crippen LogP contribution in [0.2, 0.25) is 0 Å². The zero-order valence-electron chi connectivity index (χ0n) is 18.8. The van der Waals surface area contributed by atoms with Gasteiger partial charge in [0.2, 0.25) is 0 Å². The van der Waals surface area contributed by atoms with Crippen molar-refractivity contribution >= 4 is 49.0 Å². The van der Waals surface area contributed by atoms with Gasteiger partial charge in [0.1, 0.15) is 4.83 Å². The smallest absolute Gasteiger partial charge is 0.181 e. The molecule has 0 spiro atoms. The highest BCUT2D eigenvalue weighted by molar-refractivity contribution is 9.10. The summed E-state index contributed by atoms with van der Waals surface area (Å²) < 4.78 is 1.07. The molecule has 3 aromatic rings. The van der Waals surface area contributed by atoms with E-state index in [1.165, 1.54) is 54.5 Å². The second-order valence-electron chi connectivity index (χ2n) is 11.2. The van der Waals surface area contributed by atoms with E-state index in [0.717, 1.165) is 69.4 Å². The van der Waals surface area contributed by atoms with E-state index in [2.05, 4.69) is 40.2 Å². The van der Waals surface area contributed by atoms with Gasteiger partial charge in [-0.3, -0.25) is 4.79 Å². The summed E-state index contributed by atoms with van der Waals surface area (Å²) in [7, 11) is 0. The van der Waals surface area contributed by atoms with Crippen LogP contribution in [0.1, 0.15) is 72.3 Å². The molecule has 4 bridgehead atoms. The van der Waals surface area contributed by atoms with Crippen molar-refractivity contribution in [3.63, 3.8) is 0 Å². The molecular formula is C28H29BrN2OS. The molecule has 4 saturated carbocycles. The van der Waals surface area contributed by atoms with Crippen LogP contribution in [0.3, 0.4) is 0 Å². The monoisotopic (exact) mass is 520 g/mol. The van der Waals surface area contributed by atoms with Gasteiger partial charge in [0.25, 0.3) is 0 Å². The Morgan fingerprint density at radius 2 is 1.64 bits per heavy atom. The Morgan fingerprint density at radius 1 is 1.00 bits per heavy atom. The molecule has 33 heavy (non-hydrogen) atoms. The highest BCUT2D eigenvalue weighted by Gasteiger charge is 2.55. The van der Waals surface area contributed by atoms with Crippen LogP contribution < -0.4 is 5.73 Å². The first kappa shape index (κ1) is 20.6. The summed E-state index contributed by atoms with van der Waals surface area (Å²) in [6.07, 6.45) is 11.7. The van der Waals surface area contributed by atoms with Crippen LogP contribution in [0, 0.1) is 23.2 Å². The van der Waals surface area contributed by atoms with E-state index in [4.69, 9.17) is 10.7 Å². The Kier molecular flexibility index (Phi) is 4.62. The van der Waals surface area contributed by atoms with Crippen molar-refractivity contribution < 1.29 is 4.79 Å². The fourth-order valence-electron chi connectivity index (χ4n) is 8.04. The number of nitrogens with zero attached hydrogens (tertiary/aromatic N) is 1. The largest absolute Gasteiger partial charge is 0.397 e. The van der Waals surface area contributed by atoms with Gasteiger partial charge in [-0.2, -0.15) is 0 Å². The van der Waals surface area contributed by atoms with Crippen LogP contribution >= 0.6 is 27.3 Å². The van der Waals surface area contributed by atoms with Gasteiger partial charge in [-0.25, -0.2) is 4.98 Å². The quantitative estimate of drug-likeness (QED) is 0.362. The third kappa shape index (κ3) is 3.11. The molecule has 0 radical (unpaired) electrons. The van der Waals surface area contributed by atoms with Crippen molar-refractivity contribution in [1.82, 2.24) is 4.98 Å². The Morgan fingerprint density at radius 3 is 2.30 bits per heavy atom. The van der Waals surface area contributed by atoms with Crippen LogP contribution in [0.5, 0.6) is 0 Å². The molecule has 0 unspecified atom stereocenters. The molecule has 4 fully saturated rings. The molecule has 0 atom stereocenters. The Balaban J connectivity index is 1.41. The van der Waals surface area contributed by atoms with Crippen molar-refractivity contribution in [3.05, 3.63) is 44.9 Å². The summed E-state index contributed by atoms with van der Waals surface area (Å²) in [5.41, 5.74) is 12.4. The Labute approximate surface area is 207 Å². The van der Waals surface area contributed by atoms with Crippen LogP contribution in [0.15, 0.2) is 28.7 Å². The number of hydrogen-bond acceptors (Lipinski definition) is 4. The second kappa shape index (κ2) is 7.39. The number of ketones is 1. The SMILES string of the molecule is Nc1c(C(=O)C23CC4CC(CC(C4)C2)C3)sc2nc3c(c(-c4ccc(Br)cc4)c12)CCCC3. The van der Waals surface area contributed by atoms with E-state index in [0.29, 0.717) is 11.5 Å². The maximum Gasteiger partial charge on any atom is 0.181 e. The van der Waals surface area contributed by atoms with Crippen LogP contribution in [0.25, 0.3) is 21.3 Å². The van der Waals surface area contributed by atoms with Gasteiger partial charge >= 0.3 is 0 Å². The van der Waals surface area contributed by atoms with E-state index in [1.54, 1.807) is 11.3 Å². The fourth-order valence-corrected chi connectivity index (χ4v) is 9.49. The molecule has 0 saturated heterocycles. The number of rotatable bonds is 3. The van der Waals surface area contributed by atoms with Gasteiger partial charge in [-0.1, -0.05) is 28.1 Å². The van der Waals surface area contributed by atoms with E-state index in [-0.39, 0.29) is 5.41 Å². The highest BCUT2D eigenvalue weighted by Crippen LogP contribution is 2.61. The number of benzene rings is 1. The molecule has 2 heterocycles. The van der Waals surface area contributed by atoms with Gasteiger partial charge in [-0.15, -0.1) is 11.3 Å². The molecule has 5 aliphatic carbocycles. The summed E-state index contributed by atoms with van der Waals surface area (Å²) >= 11 is 5.15. The number of aromatic nitrogens is 1. The molecule has 0 aliphatic heterocycles. The molecular weight excluding hydrogens is 492 g/mol. The van der Waals surface area contributed by atoms with Crippen molar-refractivity contribution in [1.29, 1.82) is 0 Å². The average molecular weight is 522 g/mol. The molecule has 2 N–H and O–H groups in total. The maximum absolute atomic E-state index is 14.2. The number of nitrogens with two attached hydrogens (primary N) is 1. The fraction of sp³-hybridized carbons (Fsp3) is 0.500. The lowest BCUT2D eigenvalue weighted by Crippen LogP contribution is -2.49. The number of carbonyl (C=O) groups excluding carboxylic acids is 1. The van der Waals surface area contributed by atoms with Gasteiger partial charge in [0, 0.05) is 21.0 Å². The number of fused-ring (bicyclic) bond motifs is 2.